The molecule has 1 saturated carbocycles. The second-order valence-electron chi connectivity index (χ2n) is 5.35. The number of hydrogen-bond donors (Lipinski definition) is 2. The maximum Gasteiger partial charge on any atom is 0.157 e. The highest BCUT2D eigenvalue weighted by Gasteiger charge is 2.28. The standard InChI is InChI=1S/C13H17N5/c14-16-13-9-3-1-2-4-10(9)15-12-7-11(8-5-6-8)17-18(12)13/h7-8,16H,1-6,14H2. The Bertz CT molecular complexity index is 611. The van der Waals surface area contributed by atoms with Crippen LogP contribution in [-0.2, 0) is 12.8 Å². The molecule has 2 aliphatic carbocycles. The summed E-state index contributed by atoms with van der Waals surface area (Å²) in [4.78, 5) is 4.76. The molecule has 0 spiro atoms. The molecule has 0 aromatic carbocycles. The molecule has 18 heavy (non-hydrogen) atoms. The van der Waals surface area contributed by atoms with E-state index in [9.17, 15) is 0 Å². The maximum atomic E-state index is 5.70. The van der Waals surface area contributed by atoms with E-state index in [2.05, 4.69) is 16.6 Å². The molecule has 0 atom stereocenters. The molecule has 2 aliphatic rings. The Morgan fingerprint density at radius 3 is 2.89 bits per heavy atom. The summed E-state index contributed by atoms with van der Waals surface area (Å²) in [7, 11) is 0. The van der Waals surface area contributed by atoms with Crippen molar-refractivity contribution in [1.29, 1.82) is 0 Å². The molecule has 1 fully saturated rings. The van der Waals surface area contributed by atoms with E-state index in [1.165, 1.54) is 42.6 Å². The molecule has 2 aromatic heterocycles. The van der Waals surface area contributed by atoms with Gasteiger partial charge in [-0.2, -0.15) is 9.61 Å². The molecule has 5 heteroatoms. The fourth-order valence-electron chi connectivity index (χ4n) is 2.89. The van der Waals surface area contributed by atoms with Crippen LogP contribution in [0, 0.1) is 0 Å². The van der Waals surface area contributed by atoms with Gasteiger partial charge in [-0.05, 0) is 38.5 Å². The van der Waals surface area contributed by atoms with Gasteiger partial charge >= 0.3 is 0 Å². The zero-order valence-corrected chi connectivity index (χ0v) is 10.3. The summed E-state index contributed by atoms with van der Waals surface area (Å²) in [6.45, 7) is 0. The lowest BCUT2D eigenvalue weighted by molar-refractivity contribution is 0.661. The highest BCUT2D eigenvalue weighted by atomic mass is 15.4. The number of fused-ring (bicyclic) bond motifs is 2. The molecule has 0 aliphatic heterocycles. The maximum absolute atomic E-state index is 5.70. The molecule has 0 saturated heterocycles. The van der Waals surface area contributed by atoms with E-state index >= 15 is 0 Å². The molecule has 2 aromatic rings. The Balaban J connectivity index is 1.96. The quantitative estimate of drug-likeness (QED) is 0.623. The Labute approximate surface area is 105 Å². The largest absolute Gasteiger partial charge is 0.308 e. The van der Waals surface area contributed by atoms with Crippen LogP contribution >= 0.6 is 0 Å². The van der Waals surface area contributed by atoms with Crippen molar-refractivity contribution in [1.82, 2.24) is 14.6 Å². The highest BCUT2D eigenvalue weighted by molar-refractivity contribution is 5.56. The van der Waals surface area contributed by atoms with Crippen molar-refractivity contribution >= 4 is 11.5 Å². The smallest absolute Gasteiger partial charge is 0.157 e. The lowest BCUT2D eigenvalue weighted by Crippen LogP contribution is -2.18. The predicted molar refractivity (Wildman–Crippen MR) is 69.4 cm³/mol. The number of hydrogen-bond acceptors (Lipinski definition) is 4. The average Bonchev–Trinajstić information content (AvgIpc) is 3.16. The molecule has 0 amide bonds. The Kier molecular flexibility index (Phi) is 2.11. The van der Waals surface area contributed by atoms with Crippen molar-refractivity contribution < 1.29 is 0 Å². The van der Waals surface area contributed by atoms with Crippen LogP contribution in [0.25, 0.3) is 5.65 Å². The minimum atomic E-state index is 0.648. The number of nitrogens with one attached hydrogen (secondary N) is 1. The van der Waals surface area contributed by atoms with Gasteiger partial charge < -0.3 is 5.43 Å². The predicted octanol–water partition coefficient (Wildman–Crippen LogP) is 1.77. The zero-order chi connectivity index (χ0) is 12.1. The monoisotopic (exact) mass is 243 g/mol. The lowest BCUT2D eigenvalue weighted by atomic mass is 9.96. The number of aryl methyl sites for hydroxylation is 1. The third kappa shape index (κ3) is 1.43. The van der Waals surface area contributed by atoms with Crippen LogP contribution in [0.4, 0.5) is 5.82 Å². The Morgan fingerprint density at radius 2 is 2.11 bits per heavy atom. The number of nitrogens with zero attached hydrogens (tertiary/aromatic N) is 3. The first-order chi connectivity index (χ1) is 8.86. The molecule has 5 nitrogen and oxygen atoms in total. The van der Waals surface area contributed by atoms with E-state index in [1.807, 2.05) is 4.52 Å². The summed E-state index contributed by atoms with van der Waals surface area (Å²) in [5.41, 5.74) is 7.38. The van der Waals surface area contributed by atoms with Gasteiger partial charge in [0, 0.05) is 23.2 Å². The van der Waals surface area contributed by atoms with Crippen molar-refractivity contribution in [2.45, 2.75) is 44.4 Å². The summed E-state index contributed by atoms with van der Waals surface area (Å²) in [6.07, 6.45) is 7.07. The van der Waals surface area contributed by atoms with Crippen LogP contribution in [0.15, 0.2) is 6.07 Å². The number of nitrogen functional groups attached to an aromatic ring is 1. The van der Waals surface area contributed by atoms with Crippen molar-refractivity contribution in [3.8, 4) is 0 Å². The summed E-state index contributed by atoms with van der Waals surface area (Å²) in [5, 5.41) is 4.67. The van der Waals surface area contributed by atoms with Crippen LogP contribution in [0.1, 0.15) is 48.6 Å². The first-order valence-electron chi connectivity index (χ1n) is 6.75. The van der Waals surface area contributed by atoms with Gasteiger partial charge in [-0.25, -0.2) is 10.8 Å². The number of anilines is 1. The fraction of sp³-hybridized carbons (Fsp3) is 0.538. The van der Waals surface area contributed by atoms with Gasteiger partial charge in [0.2, 0.25) is 0 Å². The Morgan fingerprint density at radius 1 is 1.28 bits per heavy atom. The lowest BCUT2D eigenvalue weighted by Gasteiger charge is -2.18. The number of aromatic nitrogens is 3. The van der Waals surface area contributed by atoms with E-state index in [1.54, 1.807) is 0 Å². The molecular formula is C13H17N5. The van der Waals surface area contributed by atoms with Crippen molar-refractivity contribution in [3.05, 3.63) is 23.0 Å². The van der Waals surface area contributed by atoms with Crippen LogP contribution in [-0.4, -0.2) is 14.6 Å². The third-order valence-corrected chi connectivity index (χ3v) is 4.03. The molecule has 0 radical (unpaired) electrons. The molecular weight excluding hydrogens is 226 g/mol. The molecule has 2 heterocycles. The minimum absolute atomic E-state index is 0.648. The summed E-state index contributed by atoms with van der Waals surface area (Å²) in [6, 6.07) is 2.12. The van der Waals surface area contributed by atoms with Crippen LogP contribution in [0.2, 0.25) is 0 Å². The highest BCUT2D eigenvalue weighted by Crippen LogP contribution is 2.40. The number of rotatable bonds is 2. The van der Waals surface area contributed by atoms with Crippen LogP contribution in [0.5, 0.6) is 0 Å². The molecule has 4 rings (SSSR count). The zero-order valence-electron chi connectivity index (χ0n) is 10.3. The second kappa shape index (κ2) is 3.68. The van der Waals surface area contributed by atoms with Gasteiger partial charge in [0.1, 0.15) is 5.82 Å². The molecule has 3 N–H and O–H groups in total. The molecule has 94 valence electrons. The normalized spacial score (nSPS) is 18.9. The van der Waals surface area contributed by atoms with Gasteiger partial charge in [0.05, 0.1) is 5.69 Å². The topological polar surface area (TPSA) is 68.2 Å². The van der Waals surface area contributed by atoms with E-state index < -0.39 is 0 Å². The summed E-state index contributed by atoms with van der Waals surface area (Å²) in [5.74, 6) is 7.28. The van der Waals surface area contributed by atoms with Gasteiger partial charge in [-0.15, -0.1) is 0 Å². The van der Waals surface area contributed by atoms with Gasteiger partial charge in [-0.1, -0.05) is 0 Å². The van der Waals surface area contributed by atoms with Gasteiger partial charge in [0.25, 0.3) is 0 Å². The van der Waals surface area contributed by atoms with E-state index in [0.717, 1.165) is 24.3 Å². The first-order valence-corrected chi connectivity index (χ1v) is 6.75. The fourth-order valence-corrected chi connectivity index (χ4v) is 2.89. The van der Waals surface area contributed by atoms with Crippen LogP contribution < -0.4 is 11.3 Å². The third-order valence-electron chi connectivity index (χ3n) is 4.03. The molecule has 0 unspecified atom stereocenters. The number of hydrazine groups is 1. The first kappa shape index (κ1) is 10.3. The SMILES string of the molecule is NNc1c2c(nc3cc(C4CC4)nn13)CCCC2. The summed E-state index contributed by atoms with van der Waals surface area (Å²) < 4.78 is 1.89. The molecule has 0 bridgehead atoms. The minimum Gasteiger partial charge on any atom is -0.308 e. The van der Waals surface area contributed by atoms with Crippen molar-refractivity contribution in [2.75, 3.05) is 5.43 Å². The van der Waals surface area contributed by atoms with Crippen molar-refractivity contribution in [2.24, 2.45) is 5.84 Å². The Hall–Kier alpha value is -1.62. The van der Waals surface area contributed by atoms with E-state index in [-0.39, 0.29) is 0 Å². The van der Waals surface area contributed by atoms with Crippen molar-refractivity contribution in [3.63, 3.8) is 0 Å². The van der Waals surface area contributed by atoms with E-state index in [4.69, 9.17) is 10.8 Å². The van der Waals surface area contributed by atoms with Crippen LogP contribution in [0.3, 0.4) is 0 Å². The average molecular weight is 243 g/mol. The summed E-state index contributed by atoms with van der Waals surface area (Å²) >= 11 is 0. The van der Waals surface area contributed by atoms with Gasteiger partial charge in [0.15, 0.2) is 5.65 Å². The van der Waals surface area contributed by atoms with Gasteiger partial charge in [-0.3, -0.25) is 0 Å². The second-order valence-corrected chi connectivity index (χ2v) is 5.35. The van der Waals surface area contributed by atoms with E-state index in [0.29, 0.717) is 5.92 Å². The number of nitrogens with two attached hydrogens (primary N) is 1.